The van der Waals surface area contributed by atoms with Crippen LogP contribution in [0.5, 0.6) is 0 Å². The molecule has 4 aromatic heterocycles. The van der Waals surface area contributed by atoms with Crippen LogP contribution in [0.3, 0.4) is 0 Å². The van der Waals surface area contributed by atoms with Gasteiger partial charge >= 0.3 is 0 Å². The molecule has 0 saturated carbocycles. The lowest BCUT2D eigenvalue weighted by atomic mass is 10.0. The van der Waals surface area contributed by atoms with Gasteiger partial charge in [-0.15, -0.1) is 0 Å². The SMILES string of the molecule is c1ccc(-c2cccc(-n3c4ccccc4c4c(-n5c6ccccc6c6ccccc65)c5c6ccccc6n(-c6nc(-c7ccccc7)nc(-c7ccccc7)n6)c5cc43)c2)cc1. The molecule has 294 valence electrons. The third-order valence-corrected chi connectivity index (χ3v) is 12.5. The van der Waals surface area contributed by atoms with Crippen molar-refractivity contribution in [3.05, 3.63) is 218 Å². The number of rotatable bonds is 6. The Balaban J connectivity index is 1.24. The van der Waals surface area contributed by atoms with Crippen molar-refractivity contribution in [3.63, 3.8) is 0 Å². The highest BCUT2D eigenvalue weighted by molar-refractivity contribution is 6.27. The number of benzene rings is 9. The Morgan fingerprint density at radius 2 is 0.683 bits per heavy atom. The summed E-state index contributed by atoms with van der Waals surface area (Å²) in [4.78, 5) is 15.8. The molecule has 0 bridgehead atoms. The normalized spacial score (nSPS) is 11.8. The lowest BCUT2D eigenvalue weighted by molar-refractivity contribution is 0.953. The van der Waals surface area contributed by atoms with Gasteiger partial charge in [-0.25, -0.2) is 4.98 Å². The van der Waals surface area contributed by atoms with Crippen molar-refractivity contribution in [1.82, 2.24) is 28.7 Å². The molecule has 0 fully saturated rings. The van der Waals surface area contributed by atoms with Crippen molar-refractivity contribution in [2.24, 2.45) is 0 Å². The molecule has 0 unspecified atom stereocenters. The van der Waals surface area contributed by atoms with Gasteiger partial charge in [-0.3, -0.25) is 4.57 Å². The van der Waals surface area contributed by atoms with Gasteiger partial charge in [0, 0.05) is 49.1 Å². The molecule has 0 aliphatic carbocycles. The third-order valence-electron chi connectivity index (χ3n) is 12.5. The topological polar surface area (TPSA) is 53.5 Å². The van der Waals surface area contributed by atoms with E-state index in [-0.39, 0.29) is 0 Å². The van der Waals surface area contributed by atoms with Gasteiger partial charge in [-0.1, -0.05) is 176 Å². The van der Waals surface area contributed by atoms with Crippen LogP contribution in [-0.2, 0) is 0 Å². The average molecular weight is 805 g/mol. The summed E-state index contributed by atoms with van der Waals surface area (Å²) in [6.07, 6.45) is 0. The van der Waals surface area contributed by atoms with Crippen LogP contribution in [0, 0.1) is 0 Å². The van der Waals surface area contributed by atoms with Crippen molar-refractivity contribution in [3.8, 4) is 51.2 Å². The fourth-order valence-corrected chi connectivity index (χ4v) is 9.78. The first-order chi connectivity index (χ1) is 31.3. The second-order valence-electron chi connectivity index (χ2n) is 16.0. The highest BCUT2D eigenvalue weighted by Crippen LogP contribution is 2.47. The van der Waals surface area contributed by atoms with E-state index in [1.165, 1.54) is 27.1 Å². The Morgan fingerprint density at radius 1 is 0.270 bits per heavy atom. The monoisotopic (exact) mass is 804 g/mol. The summed E-state index contributed by atoms with van der Waals surface area (Å²) in [6.45, 7) is 0. The second-order valence-corrected chi connectivity index (χ2v) is 16.0. The summed E-state index contributed by atoms with van der Waals surface area (Å²) in [5, 5.41) is 6.98. The van der Waals surface area contributed by atoms with E-state index in [0.29, 0.717) is 17.6 Å². The zero-order chi connectivity index (χ0) is 41.4. The molecule has 4 heterocycles. The highest BCUT2D eigenvalue weighted by Gasteiger charge is 2.27. The predicted molar refractivity (Wildman–Crippen MR) is 259 cm³/mol. The standard InChI is InChI=1S/C57H36N6/c1-4-19-37(20-5-1)40-25-18-26-41(35-40)61-48-33-16-12-29-44(48)52-50(61)36-51-53(54(52)62-46-31-14-10-27-42(46)43-28-11-15-32-47(43)62)45-30-13-17-34-49(45)63(51)57-59-55(38-21-6-2-7-22-38)58-56(60-57)39-23-8-3-9-24-39/h1-36H. The summed E-state index contributed by atoms with van der Waals surface area (Å²) in [5.41, 5.74) is 12.9. The predicted octanol–water partition coefficient (Wildman–Crippen LogP) is 14.2. The first kappa shape index (κ1) is 35.2. The van der Waals surface area contributed by atoms with Gasteiger partial charge in [0.1, 0.15) is 0 Å². The Hall–Kier alpha value is -8.61. The highest BCUT2D eigenvalue weighted by atomic mass is 15.2. The van der Waals surface area contributed by atoms with Crippen LogP contribution in [0.15, 0.2) is 218 Å². The number of hydrogen-bond donors (Lipinski definition) is 0. The number of hydrogen-bond acceptors (Lipinski definition) is 3. The zero-order valence-electron chi connectivity index (χ0n) is 34.0. The van der Waals surface area contributed by atoms with Crippen molar-refractivity contribution < 1.29 is 0 Å². The smallest absolute Gasteiger partial charge is 0.238 e. The lowest BCUT2D eigenvalue weighted by Crippen LogP contribution is -2.07. The molecule has 0 atom stereocenters. The molecular weight excluding hydrogens is 769 g/mol. The average Bonchev–Trinajstić information content (AvgIpc) is 4.00. The summed E-state index contributed by atoms with van der Waals surface area (Å²) in [6, 6.07) is 77.4. The summed E-state index contributed by atoms with van der Waals surface area (Å²) >= 11 is 0. The lowest BCUT2D eigenvalue weighted by Gasteiger charge is -2.15. The van der Waals surface area contributed by atoms with E-state index in [9.17, 15) is 0 Å². The minimum atomic E-state index is 0.551. The summed E-state index contributed by atoms with van der Waals surface area (Å²) in [7, 11) is 0. The van der Waals surface area contributed by atoms with E-state index in [4.69, 9.17) is 15.0 Å². The van der Waals surface area contributed by atoms with Crippen LogP contribution < -0.4 is 0 Å². The molecular formula is C57H36N6. The third kappa shape index (κ3) is 5.41. The minimum absolute atomic E-state index is 0.551. The van der Waals surface area contributed by atoms with Crippen LogP contribution in [0.25, 0.3) is 117 Å². The van der Waals surface area contributed by atoms with Gasteiger partial charge in [-0.05, 0) is 53.6 Å². The van der Waals surface area contributed by atoms with E-state index in [0.717, 1.165) is 71.9 Å². The first-order valence-corrected chi connectivity index (χ1v) is 21.3. The van der Waals surface area contributed by atoms with Gasteiger partial charge < -0.3 is 9.13 Å². The molecule has 0 amide bonds. The van der Waals surface area contributed by atoms with Gasteiger partial charge in [0.2, 0.25) is 5.95 Å². The maximum Gasteiger partial charge on any atom is 0.238 e. The molecule has 6 heteroatoms. The van der Waals surface area contributed by atoms with E-state index in [1.807, 2.05) is 36.4 Å². The molecule has 0 radical (unpaired) electrons. The molecule has 9 aromatic carbocycles. The summed E-state index contributed by atoms with van der Waals surface area (Å²) < 4.78 is 7.19. The molecule has 0 spiro atoms. The second kappa shape index (κ2) is 14.0. The Bertz CT molecular complexity index is 3790. The molecule has 0 N–H and O–H groups in total. The number of nitrogens with zero attached hydrogens (tertiary/aromatic N) is 6. The van der Waals surface area contributed by atoms with Gasteiger partial charge in [-0.2, -0.15) is 9.97 Å². The van der Waals surface area contributed by atoms with Gasteiger partial charge in [0.25, 0.3) is 0 Å². The van der Waals surface area contributed by atoms with E-state index >= 15 is 0 Å². The summed E-state index contributed by atoms with van der Waals surface area (Å²) in [5.74, 6) is 1.78. The fraction of sp³-hybridized carbons (Fsp3) is 0. The van der Waals surface area contributed by atoms with Crippen molar-refractivity contribution >= 4 is 65.4 Å². The van der Waals surface area contributed by atoms with Gasteiger partial charge in [0.15, 0.2) is 11.6 Å². The molecule has 6 nitrogen and oxygen atoms in total. The molecule has 0 saturated heterocycles. The number of fused-ring (bicyclic) bond motifs is 9. The number of aromatic nitrogens is 6. The minimum Gasteiger partial charge on any atom is -0.309 e. The fourth-order valence-electron chi connectivity index (χ4n) is 9.78. The Labute approximate surface area is 362 Å². The van der Waals surface area contributed by atoms with Crippen LogP contribution in [0.2, 0.25) is 0 Å². The van der Waals surface area contributed by atoms with E-state index < -0.39 is 0 Å². The van der Waals surface area contributed by atoms with E-state index in [2.05, 4.69) is 196 Å². The van der Waals surface area contributed by atoms with Crippen molar-refractivity contribution in [2.45, 2.75) is 0 Å². The molecule has 63 heavy (non-hydrogen) atoms. The van der Waals surface area contributed by atoms with Crippen LogP contribution >= 0.6 is 0 Å². The maximum absolute atomic E-state index is 5.34. The largest absolute Gasteiger partial charge is 0.309 e. The quantitative estimate of drug-likeness (QED) is 0.168. The van der Waals surface area contributed by atoms with Crippen LogP contribution in [-0.4, -0.2) is 28.7 Å². The van der Waals surface area contributed by atoms with Gasteiger partial charge in [0.05, 0.1) is 38.8 Å². The first-order valence-electron chi connectivity index (χ1n) is 21.3. The Kier molecular flexibility index (Phi) is 7.80. The molecule has 0 aliphatic rings. The molecule has 0 aliphatic heterocycles. The van der Waals surface area contributed by atoms with E-state index in [1.54, 1.807) is 0 Å². The Morgan fingerprint density at radius 3 is 1.22 bits per heavy atom. The molecule has 13 aromatic rings. The zero-order valence-corrected chi connectivity index (χ0v) is 34.0. The van der Waals surface area contributed by atoms with Crippen molar-refractivity contribution in [2.75, 3.05) is 0 Å². The van der Waals surface area contributed by atoms with Crippen LogP contribution in [0.4, 0.5) is 0 Å². The maximum atomic E-state index is 5.34. The number of para-hydroxylation sites is 4. The van der Waals surface area contributed by atoms with Crippen LogP contribution in [0.1, 0.15) is 0 Å². The molecule has 13 rings (SSSR count). The van der Waals surface area contributed by atoms with Crippen molar-refractivity contribution in [1.29, 1.82) is 0 Å².